The molecule has 1 aliphatic rings. The van der Waals surface area contributed by atoms with Crippen LogP contribution in [0.2, 0.25) is 0 Å². The van der Waals surface area contributed by atoms with E-state index in [0.29, 0.717) is 11.3 Å². The number of aryl methyl sites for hydroxylation is 1. The third-order valence-corrected chi connectivity index (χ3v) is 6.56. The van der Waals surface area contributed by atoms with Crippen molar-refractivity contribution < 1.29 is 18.7 Å². The Morgan fingerprint density at radius 2 is 1.97 bits per heavy atom. The average molecular weight is 491 g/mol. The van der Waals surface area contributed by atoms with Crippen molar-refractivity contribution in [3.05, 3.63) is 90.6 Å². The average Bonchev–Trinajstić information content (AvgIpc) is 3.15. The number of anilines is 1. The lowest BCUT2D eigenvalue weighted by Crippen LogP contribution is -2.40. The highest BCUT2D eigenvalue weighted by molar-refractivity contribution is 7.07. The number of amides is 1. The number of rotatable bonds is 4. The minimum absolute atomic E-state index is 0.0218. The van der Waals surface area contributed by atoms with Crippen molar-refractivity contribution in [2.75, 3.05) is 12.4 Å². The van der Waals surface area contributed by atoms with Gasteiger partial charge in [0.25, 0.3) is 11.5 Å². The Balaban J connectivity index is 2.05. The summed E-state index contributed by atoms with van der Waals surface area (Å²) < 4.78 is 19.9. The summed E-state index contributed by atoms with van der Waals surface area (Å²) in [4.78, 5) is 38.5. The quantitative estimate of drug-likeness (QED) is 0.535. The van der Waals surface area contributed by atoms with Crippen molar-refractivity contribution >= 4 is 46.4 Å². The highest BCUT2D eigenvalue weighted by atomic mass is 32.1. The predicted octanol–water partition coefficient (Wildman–Crippen LogP) is 1.55. The normalized spacial score (nSPS) is 15.4. The highest BCUT2D eigenvalue weighted by Gasteiger charge is 2.35. The van der Waals surface area contributed by atoms with Crippen LogP contribution in [-0.4, -0.2) is 23.6 Å². The second-order valence-corrected chi connectivity index (χ2v) is 8.74. The molecule has 1 amide bonds. The fourth-order valence-corrected chi connectivity index (χ4v) is 4.92. The molecule has 0 saturated heterocycles. The topological polar surface area (TPSA) is 127 Å². The molecular formula is C25H19FN4O4S. The van der Waals surface area contributed by atoms with Gasteiger partial charge in [-0.25, -0.2) is 9.18 Å². The number of nitrogens with zero attached hydrogens (tertiary/aromatic N) is 2. The minimum Gasteiger partial charge on any atom is -0.466 e. The third-order valence-electron chi connectivity index (χ3n) is 5.45. The van der Waals surface area contributed by atoms with E-state index in [2.05, 4.69) is 10.1 Å². The molecule has 0 unspecified atom stereocenters. The van der Waals surface area contributed by atoms with Crippen LogP contribution in [0.5, 0.6) is 0 Å². The first-order chi connectivity index (χ1) is 16.7. The number of hydrogen-bond donors (Lipinski definition) is 2. The SMILES string of the molecule is COC(=O)/C=c1\sc2n(c1=O)C(N)=C(C#N)[C@@H](c1cccc(F)c1)C=2C(=O)Nc1ccc(C)cc1. The summed E-state index contributed by atoms with van der Waals surface area (Å²) in [5, 5.41) is 12.7. The van der Waals surface area contributed by atoms with Crippen LogP contribution >= 0.6 is 11.3 Å². The second-order valence-electron chi connectivity index (χ2n) is 7.71. The van der Waals surface area contributed by atoms with Gasteiger partial charge in [-0.05, 0) is 36.8 Å². The lowest BCUT2D eigenvalue weighted by molar-refractivity contribution is -0.133. The van der Waals surface area contributed by atoms with Crippen molar-refractivity contribution in [2.45, 2.75) is 12.8 Å². The van der Waals surface area contributed by atoms with Gasteiger partial charge in [0, 0.05) is 11.8 Å². The summed E-state index contributed by atoms with van der Waals surface area (Å²) in [6, 6.07) is 14.5. The Morgan fingerprint density at radius 1 is 1.26 bits per heavy atom. The summed E-state index contributed by atoms with van der Waals surface area (Å²) in [5.74, 6) is -3.19. The molecule has 2 heterocycles. The van der Waals surface area contributed by atoms with Crippen molar-refractivity contribution in [1.82, 2.24) is 4.57 Å². The molecule has 176 valence electrons. The predicted molar refractivity (Wildman–Crippen MR) is 130 cm³/mol. The van der Waals surface area contributed by atoms with Crippen LogP contribution < -0.4 is 25.8 Å². The molecule has 0 radical (unpaired) electrons. The Hall–Kier alpha value is -4.49. The van der Waals surface area contributed by atoms with Gasteiger partial charge in [-0.3, -0.25) is 14.2 Å². The molecule has 0 bridgehead atoms. The number of methoxy groups -OCH3 is 1. The first kappa shape index (κ1) is 23.7. The number of allylic oxidation sites excluding steroid dienone is 1. The van der Waals surface area contributed by atoms with E-state index in [9.17, 15) is 24.0 Å². The van der Waals surface area contributed by atoms with Crippen molar-refractivity contribution in [3.8, 4) is 6.07 Å². The van der Waals surface area contributed by atoms with Crippen LogP contribution in [0, 0.1) is 24.1 Å². The molecule has 3 N–H and O–H groups in total. The summed E-state index contributed by atoms with van der Waals surface area (Å²) in [5.41, 5.74) is 7.26. The first-order valence-corrected chi connectivity index (χ1v) is 11.2. The van der Waals surface area contributed by atoms with Crippen LogP contribution in [0.25, 0.3) is 17.5 Å². The number of benzene rings is 2. The molecule has 2 aromatic carbocycles. The van der Waals surface area contributed by atoms with Gasteiger partial charge in [0.2, 0.25) is 0 Å². The molecule has 3 aromatic rings. The lowest BCUT2D eigenvalue weighted by Gasteiger charge is -2.25. The van der Waals surface area contributed by atoms with Crippen molar-refractivity contribution in [2.24, 2.45) is 5.73 Å². The third kappa shape index (κ3) is 4.37. The number of aromatic nitrogens is 1. The molecule has 0 aliphatic carbocycles. The Kier molecular flexibility index (Phi) is 6.36. The van der Waals surface area contributed by atoms with Crippen LogP contribution in [0.15, 0.2) is 58.9 Å². The number of nitrogens with two attached hydrogens (primary N) is 1. The van der Waals surface area contributed by atoms with Gasteiger partial charge >= 0.3 is 5.97 Å². The molecule has 4 rings (SSSR count). The number of ether oxygens (including phenoxy) is 1. The maximum absolute atomic E-state index is 14.2. The Labute approximate surface area is 202 Å². The number of halogens is 1. The number of fused-ring (bicyclic) bond motifs is 1. The molecule has 0 spiro atoms. The molecule has 0 fully saturated rings. The summed E-state index contributed by atoms with van der Waals surface area (Å²) >= 11 is 0.853. The van der Waals surface area contributed by atoms with Gasteiger partial charge in [-0.15, -0.1) is 11.3 Å². The van der Waals surface area contributed by atoms with E-state index in [0.717, 1.165) is 27.5 Å². The number of hydrogen-bond acceptors (Lipinski definition) is 7. The lowest BCUT2D eigenvalue weighted by atomic mass is 9.83. The monoisotopic (exact) mass is 490 g/mol. The number of nitrogens with one attached hydrogen (secondary N) is 1. The van der Waals surface area contributed by atoms with Crippen LogP contribution in [0.3, 0.4) is 0 Å². The maximum Gasteiger partial charge on any atom is 0.332 e. The van der Waals surface area contributed by atoms with Gasteiger partial charge in [-0.1, -0.05) is 29.8 Å². The van der Waals surface area contributed by atoms with Gasteiger partial charge in [-0.2, -0.15) is 5.26 Å². The smallest absolute Gasteiger partial charge is 0.332 e. The summed E-state index contributed by atoms with van der Waals surface area (Å²) in [6.45, 7) is 1.90. The molecule has 1 atom stereocenters. The van der Waals surface area contributed by atoms with E-state index < -0.39 is 29.2 Å². The van der Waals surface area contributed by atoms with Crippen LogP contribution in [-0.2, 0) is 14.3 Å². The number of nitriles is 1. The van der Waals surface area contributed by atoms with Gasteiger partial charge < -0.3 is 15.8 Å². The number of carbonyl (C=O) groups excluding carboxylic acids is 2. The molecular weight excluding hydrogens is 471 g/mol. The largest absolute Gasteiger partial charge is 0.466 e. The second kappa shape index (κ2) is 9.40. The van der Waals surface area contributed by atoms with Gasteiger partial charge in [0.15, 0.2) is 0 Å². The molecule has 35 heavy (non-hydrogen) atoms. The van der Waals surface area contributed by atoms with E-state index in [4.69, 9.17) is 5.73 Å². The fourth-order valence-electron chi connectivity index (χ4n) is 3.79. The Morgan fingerprint density at radius 3 is 2.60 bits per heavy atom. The highest BCUT2D eigenvalue weighted by Crippen LogP contribution is 2.36. The zero-order chi connectivity index (χ0) is 25.3. The van der Waals surface area contributed by atoms with Crippen LogP contribution in [0.4, 0.5) is 10.1 Å². The maximum atomic E-state index is 14.2. The molecule has 0 saturated carbocycles. The fraction of sp³-hybridized carbons (Fsp3) is 0.120. The van der Waals surface area contributed by atoms with E-state index in [1.165, 1.54) is 25.3 Å². The minimum atomic E-state index is -1.05. The Bertz CT molecular complexity index is 1610. The standard InChI is InChI=1S/C25H19FN4O4S/c1-13-6-8-16(9-7-13)29-23(32)21-20(14-4-3-5-15(26)10-14)17(12-27)22(28)30-24(33)18(35-25(21)30)11-19(31)34-2/h3-11,20H,28H2,1-2H3,(H,29,32)/b18-11-/t20-/m1/s1. The summed E-state index contributed by atoms with van der Waals surface area (Å²) in [7, 11) is 1.17. The van der Waals surface area contributed by atoms with Crippen molar-refractivity contribution in [1.29, 1.82) is 5.26 Å². The zero-order valence-corrected chi connectivity index (χ0v) is 19.5. The number of carbonyl (C=O) groups is 2. The van der Waals surface area contributed by atoms with Crippen molar-refractivity contribution in [3.63, 3.8) is 0 Å². The van der Waals surface area contributed by atoms with E-state index in [-0.39, 0.29) is 26.2 Å². The van der Waals surface area contributed by atoms with Crippen LogP contribution in [0.1, 0.15) is 17.0 Å². The number of thiazole rings is 1. The molecule has 1 aromatic heterocycles. The number of esters is 1. The molecule has 10 heteroatoms. The van der Waals surface area contributed by atoms with E-state index in [1.54, 1.807) is 18.2 Å². The molecule has 8 nitrogen and oxygen atoms in total. The summed E-state index contributed by atoms with van der Waals surface area (Å²) in [6.07, 6.45) is 0.990. The van der Waals surface area contributed by atoms with Gasteiger partial charge in [0.1, 0.15) is 20.8 Å². The zero-order valence-electron chi connectivity index (χ0n) is 18.7. The first-order valence-electron chi connectivity index (χ1n) is 10.3. The van der Waals surface area contributed by atoms with Gasteiger partial charge in [0.05, 0.1) is 30.2 Å². The molecule has 1 aliphatic heterocycles. The van der Waals surface area contributed by atoms with E-state index in [1.807, 2.05) is 25.1 Å². The van der Waals surface area contributed by atoms with E-state index >= 15 is 0 Å².